The summed E-state index contributed by atoms with van der Waals surface area (Å²) in [7, 11) is 1.67. The van der Waals surface area contributed by atoms with Crippen LogP contribution in [0.15, 0.2) is 64.2 Å². The largest absolute Gasteiger partial charge is 0.491 e. The van der Waals surface area contributed by atoms with Crippen LogP contribution in [0.2, 0.25) is 0 Å². The van der Waals surface area contributed by atoms with Crippen LogP contribution in [-0.4, -0.2) is 24.6 Å². The minimum atomic E-state index is -0.375. The maximum Gasteiger partial charge on any atom is 0.226 e. The van der Waals surface area contributed by atoms with Gasteiger partial charge >= 0.3 is 0 Å². The fourth-order valence-corrected chi connectivity index (χ4v) is 2.61. The predicted octanol–water partition coefficient (Wildman–Crippen LogP) is 3.74. The lowest BCUT2D eigenvalue weighted by molar-refractivity contribution is 0.321. The molecule has 3 aromatic rings. The monoisotopic (exact) mass is 382 g/mol. The molecule has 2 aromatic carbocycles. The van der Waals surface area contributed by atoms with E-state index in [2.05, 4.69) is 20.6 Å². The van der Waals surface area contributed by atoms with Gasteiger partial charge in [-0.3, -0.25) is 4.99 Å². The van der Waals surface area contributed by atoms with Gasteiger partial charge in [0.1, 0.15) is 6.26 Å². The number of nitrogens with one attached hydrogen (secondary N) is 2. The van der Waals surface area contributed by atoms with Crippen LogP contribution in [0.1, 0.15) is 18.2 Å². The van der Waals surface area contributed by atoms with Crippen LogP contribution in [0, 0.1) is 5.82 Å². The Labute approximate surface area is 163 Å². The number of aromatic nitrogens is 1. The van der Waals surface area contributed by atoms with E-state index >= 15 is 0 Å². The summed E-state index contributed by atoms with van der Waals surface area (Å²) >= 11 is 0. The third-order valence-corrected chi connectivity index (χ3v) is 3.99. The topological polar surface area (TPSA) is 71.7 Å². The Bertz CT molecular complexity index is 925. The van der Waals surface area contributed by atoms with Gasteiger partial charge in [0.25, 0.3) is 0 Å². The van der Waals surface area contributed by atoms with Crippen LogP contribution in [0.25, 0.3) is 11.5 Å². The molecule has 6 nitrogen and oxygen atoms in total. The number of rotatable bonds is 7. The summed E-state index contributed by atoms with van der Waals surface area (Å²) in [4.78, 5) is 8.64. The number of hydrogen-bond acceptors (Lipinski definition) is 4. The molecular weight excluding hydrogens is 359 g/mol. The first-order valence-electron chi connectivity index (χ1n) is 9.05. The highest BCUT2D eigenvalue weighted by atomic mass is 19.1. The van der Waals surface area contributed by atoms with E-state index in [-0.39, 0.29) is 11.6 Å². The van der Waals surface area contributed by atoms with Crippen molar-refractivity contribution in [1.82, 2.24) is 15.6 Å². The molecule has 0 saturated heterocycles. The van der Waals surface area contributed by atoms with E-state index in [9.17, 15) is 4.39 Å². The first-order chi connectivity index (χ1) is 13.7. The molecule has 28 heavy (non-hydrogen) atoms. The zero-order valence-electron chi connectivity index (χ0n) is 15.9. The summed E-state index contributed by atoms with van der Waals surface area (Å²) in [5.41, 5.74) is 2.47. The van der Waals surface area contributed by atoms with Crippen LogP contribution < -0.4 is 15.4 Å². The number of halogens is 1. The predicted molar refractivity (Wildman–Crippen MR) is 107 cm³/mol. The molecule has 0 radical (unpaired) electrons. The minimum absolute atomic E-state index is 0.258. The van der Waals surface area contributed by atoms with Gasteiger partial charge in [-0.15, -0.1) is 0 Å². The fourth-order valence-electron chi connectivity index (χ4n) is 2.61. The molecule has 0 aliphatic heterocycles. The van der Waals surface area contributed by atoms with Crippen LogP contribution in [0.5, 0.6) is 5.75 Å². The second kappa shape index (κ2) is 9.55. The molecule has 146 valence electrons. The lowest BCUT2D eigenvalue weighted by Gasteiger charge is -2.12. The lowest BCUT2D eigenvalue weighted by atomic mass is 10.2. The molecule has 0 saturated carbocycles. The Hall–Kier alpha value is -3.35. The Morgan fingerprint density at radius 3 is 2.64 bits per heavy atom. The van der Waals surface area contributed by atoms with Crippen LogP contribution in [0.4, 0.5) is 4.39 Å². The number of guanidine groups is 1. The van der Waals surface area contributed by atoms with Crippen LogP contribution in [-0.2, 0) is 13.1 Å². The average Bonchev–Trinajstić information content (AvgIpc) is 3.20. The number of aliphatic imine (C=N–C) groups is 1. The van der Waals surface area contributed by atoms with Crippen molar-refractivity contribution in [3.63, 3.8) is 0 Å². The Morgan fingerprint density at radius 1 is 1.14 bits per heavy atom. The maximum atomic E-state index is 13.9. The molecule has 0 amide bonds. The van der Waals surface area contributed by atoms with Gasteiger partial charge in [0.15, 0.2) is 17.5 Å². The molecule has 0 bridgehead atoms. The molecule has 0 aliphatic carbocycles. The van der Waals surface area contributed by atoms with Crippen molar-refractivity contribution in [2.45, 2.75) is 20.0 Å². The van der Waals surface area contributed by atoms with Crippen molar-refractivity contribution >= 4 is 5.96 Å². The number of benzene rings is 2. The highest BCUT2D eigenvalue weighted by molar-refractivity contribution is 5.79. The number of hydrogen-bond donors (Lipinski definition) is 2. The molecule has 1 aromatic heterocycles. The fraction of sp³-hybridized carbons (Fsp3) is 0.238. The molecular formula is C21H23FN4O2. The number of nitrogens with zero attached hydrogens (tertiary/aromatic N) is 2. The average molecular weight is 382 g/mol. The number of oxazole rings is 1. The lowest BCUT2D eigenvalue weighted by Crippen LogP contribution is -2.36. The summed E-state index contributed by atoms with van der Waals surface area (Å²) in [6, 6.07) is 14.6. The van der Waals surface area contributed by atoms with Crippen LogP contribution in [0.3, 0.4) is 0 Å². The summed E-state index contributed by atoms with van der Waals surface area (Å²) in [5, 5.41) is 6.31. The molecule has 0 atom stereocenters. The van der Waals surface area contributed by atoms with E-state index in [1.807, 2.05) is 43.3 Å². The molecule has 0 fully saturated rings. The normalized spacial score (nSPS) is 11.3. The Kier molecular flexibility index (Phi) is 6.62. The highest BCUT2D eigenvalue weighted by Gasteiger charge is 2.08. The van der Waals surface area contributed by atoms with Gasteiger partial charge in [0.2, 0.25) is 5.89 Å². The van der Waals surface area contributed by atoms with Gasteiger partial charge in [-0.05, 0) is 36.8 Å². The second-order valence-electron chi connectivity index (χ2n) is 5.99. The van der Waals surface area contributed by atoms with E-state index in [0.717, 1.165) is 16.8 Å². The van der Waals surface area contributed by atoms with E-state index < -0.39 is 0 Å². The van der Waals surface area contributed by atoms with Gasteiger partial charge in [-0.25, -0.2) is 9.37 Å². The third-order valence-electron chi connectivity index (χ3n) is 3.99. The van der Waals surface area contributed by atoms with Crippen molar-refractivity contribution in [3.8, 4) is 17.2 Å². The Balaban J connectivity index is 1.53. The molecule has 1 heterocycles. The molecule has 3 rings (SSSR count). The zero-order valence-corrected chi connectivity index (χ0v) is 15.9. The van der Waals surface area contributed by atoms with Gasteiger partial charge in [-0.1, -0.05) is 24.3 Å². The van der Waals surface area contributed by atoms with E-state index in [1.165, 1.54) is 6.07 Å². The van der Waals surface area contributed by atoms with Crippen molar-refractivity contribution in [2.75, 3.05) is 13.7 Å². The minimum Gasteiger partial charge on any atom is -0.491 e. The van der Waals surface area contributed by atoms with E-state index in [0.29, 0.717) is 31.5 Å². The van der Waals surface area contributed by atoms with Crippen molar-refractivity contribution in [3.05, 3.63) is 71.9 Å². The molecule has 0 aliphatic rings. The highest BCUT2D eigenvalue weighted by Crippen LogP contribution is 2.19. The smallest absolute Gasteiger partial charge is 0.226 e. The molecule has 0 spiro atoms. The van der Waals surface area contributed by atoms with Gasteiger partial charge < -0.3 is 19.8 Å². The number of ether oxygens (including phenoxy) is 1. The third kappa shape index (κ3) is 5.09. The summed E-state index contributed by atoms with van der Waals surface area (Å²) in [5.74, 6) is 1.04. The van der Waals surface area contributed by atoms with Crippen molar-refractivity contribution in [1.29, 1.82) is 0 Å². The summed E-state index contributed by atoms with van der Waals surface area (Å²) in [6.07, 6.45) is 1.62. The van der Waals surface area contributed by atoms with E-state index in [4.69, 9.17) is 9.15 Å². The summed E-state index contributed by atoms with van der Waals surface area (Å²) < 4.78 is 24.7. The van der Waals surface area contributed by atoms with Gasteiger partial charge in [0.05, 0.1) is 18.8 Å². The van der Waals surface area contributed by atoms with Crippen molar-refractivity contribution in [2.24, 2.45) is 4.99 Å². The van der Waals surface area contributed by atoms with Crippen molar-refractivity contribution < 1.29 is 13.5 Å². The standard InChI is InChI=1S/C21H23FN4O2/c1-3-27-19-10-9-15(11-18(19)22)12-24-21(23-2)25-13-17-14-28-20(26-17)16-7-5-4-6-8-16/h4-11,14H,3,12-13H2,1-2H3,(H2,23,24,25). The first-order valence-corrected chi connectivity index (χ1v) is 9.05. The molecule has 0 unspecified atom stereocenters. The zero-order chi connectivity index (χ0) is 19.8. The second-order valence-corrected chi connectivity index (χ2v) is 5.99. The van der Waals surface area contributed by atoms with Gasteiger partial charge in [-0.2, -0.15) is 0 Å². The first kappa shape index (κ1) is 19.4. The SMILES string of the molecule is CCOc1ccc(CNC(=NC)NCc2coc(-c3ccccc3)n2)cc1F. The van der Waals surface area contributed by atoms with E-state index in [1.54, 1.807) is 19.4 Å². The maximum absolute atomic E-state index is 13.9. The quantitative estimate of drug-likeness (QED) is 0.481. The Morgan fingerprint density at radius 2 is 1.93 bits per heavy atom. The van der Waals surface area contributed by atoms with Gasteiger partial charge in [0, 0.05) is 19.2 Å². The van der Waals surface area contributed by atoms with Crippen LogP contribution >= 0.6 is 0 Å². The molecule has 7 heteroatoms. The summed E-state index contributed by atoms with van der Waals surface area (Å²) in [6.45, 7) is 3.13. The molecule has 2 N–H and O–H groups in total.